The quantitative estimate of drug-likeness (QED) is 0.0634. The summed E-state index contributed by atoms with van der Waals surface area (Å²) in [6.07, 6.45) is 0. The predicted octanol–water partition coefficient (Wildman–Crippen LogP) is 4.88. The van der Waals surface area contributed by atoms with Crippen molar-refractivity contribution < 1.29 is 158 Å². The van der Waals surface area contributed by atoms with E-state index in [1.807, 2.05) is 0 Å². The van der Waals surface area contributed by atoms with Crippen molar-refractivity contribution in [3.8, 4) is 217 Å². The molecule has 0 radical (unpaired) electrons. The van der Waals surface area contributed by atoms with Crippen molar-refractivity contribution in [3.05, 3.63) is 0 Å². The smallest absolute Gasteiger partial charge is 0.208 e. The molecule has 0 bridgehead atoms. The van der Waals surface area contributed by atoms with Gasteiger partial charge < -0.3 is 158 Å². The molecule has 0 amide bonds. The second kappa shape index (κ2) is 15.6. The molecule has 0 unspecified atom stereocenters. The van der Waals surface area contributed by atoms with Crippen molar-refractivity contribution in [1.82, 2.24) is 0 Å². The van der Waals surface area contributed by atoms with E-state index >= 15 is 0 Å². The van der Waals surface area contributed by atoms with Crippen molar-refractivity contribution in [1.29, 1.82) is 0 Å². The first kappa shape index (κ1) is 50.1. The average Bonchev–Trinajstić information content (AvgIpc) is 4.07. The van der Waals surface area contributed by atoms with Crippen LogP contribution in [0.5, 0.6) is 172 Å². The maximum atomic E-state index is 12.6. The third kappa shape index (κ3) is 5.70. The minimum atomic E-state index is -2.05. The second-order valence-electron chi connectivity index (χ2n) is 17.2. The molecule has 0 atom stereocenters. The largest absolute Gasteiger partial charge is 0.506 e. The van der Waals surface area contributed by atoms with Crippen LogP contribution >= 0.6 is 0 Å². The first-order chi connectivity index (χ1) is 36.8. The number of benzene rings is 9. The van der Waals surface area contributed by atoms with E-state index in [-0.39, 0.29) is 0 Å². The molecule has 0 aliphatic rings. The highest BCUT2D eigenvalue weighted by atomic mass is 16.4. The molecular weight excluding hydrogens is 1070 g/mol. The van der Waals surface area contributed by atoms with Gasteiger partial charge in [-0.15, -0.1) is 0 Å². The Kier molecular flexibility index (Phi) is 9.86. The van der Waals surface area contributed by atoms with E-state index in [1.54, 1.807) is 0 Å². The highest BCUT2D eigenvalue weighted by Gasteiger charge is 2.42. The molecular formula is C48H30O31. The van der Waals surface area contributed by atoms with Gasteiger partial charge in [0.05, 0.1) is 43.8 Å². The highest BCUT2D eigenvalue weighted by Crippen LogP contribution is 2.71. The normalized spacial score (nSPS) is 11.8. The van der Waals surface area contributed by atoms with Crippen molar-refractivity contribution in [3.63, 3.8) is 0 Å². The van der Waals surface area contributed by atoms with Gasteiger partial charge in [-0.05, 0) is 0 Å². The van der Waals surface area contributed by atoms with Gasteiger partial charge in [-0.1, -0.05) is 0 Å². The number of phenolic OH excluding ortho intramolecular Hbond substituents is 30. The van der Waals surface area contributed by atoms with Crippen LogP contribution in [0.3, 0.4) is 0 Å². The monoisotopic (exact) mass is 1100 g/mol. The summed E-state index contributed by atoms with van der Waals surface area (Å²) in [6, 6.07) is 0. The highest BCUT2D eigenvalue weighted by molar-refractivity contribution is 6.33. The fourth-order valence-corrected chi connectivity index (χ4v) is 9.71. The van der Waals surface area contributed by atoms with Crippen LogP contribution in [0.25, 0.3) is 98.8 Å². The lowest BCUT2D eigenvalue weighted by Crippen LogP contribution is -1.98. The van der Waals surface area contributed by atoms with Gasteiger partial charge in [0, 0.05) is 43.8 Å². The molecule has 0 saturated carbocycles. The lowest BCUT2D eigenvalue weighted by Gasteiger charge is -2.26. The third-order valence-corrected chi connectivity index (χ3v) is 13.3. The molecule has 408 valence electrons. The fourth-order valence-electron chi connectivity index (χ4n) is 9.71. The van der Waals surface area contributed by atoms with Crippen molar-refractivity contribution in [2.75, 3.05) is 0 Å². The Morgan fingerprint density at radius 3 is 0.671 bits per heavy atom. The molecule has 31 nitrogen and oxygen atoms in total. The Morgan fingerprint density at radius 2 is 0.304 bits per heavy atom. The summed E-state index contributed by atoms with van der Waals surface area (Å²) in [4.78, 5) is 0. The molecule has 10 aromatic rings. The van der Waals surface area contributed by atoms with Gasteiger partial charge in [-0.25, -0.2) is 0 Å². The number of fused-ring (bicyclic) bond motifs is 7. The Morgan fingerprint density at radius 1 is 0.114 bits per heavy atom. The summed E-state index contributed by atoms with van der Waals surface area (Å²) in [5.41, 5.74) is -15.5. The minimum Gasteiger partial charge on any atom is -0.506 e. The fraction of sp³-hybridized carbons (Fsp3) is 0. The van der Waals surface area contributed by atoms with Gasteiger partial charge >= 0.3 is 0 Å². The summed E-state index contributed by atoms with van der Waals surface area (Å²) >= 11 is 0. The van der Waals surface area contributed by atoms with Crippen LogP contribution in [-0.2, 0) is 0 Å². The van der Waals surface area contributed by atoms with E-state index in [0.717, 1.165) is 0 Å². The van der Waals surface area contributed by atoms with E-state index in [4.69, 9.17) is 4.42 Å². The van der Waals surface area contributed by atoms with E-state index in [1.165, 1.54) is 0 Å². The average molecular weight is 1100 g/mol. The maximum Gasteiger partial charge on any atom is 0.208 e. The Bertz CT molecular complexity index is 4450. The van der Waals surface area contributed by atoms with Crippen LogP contribution in [-0.4, -0.2) is 153 Å². The lowest BCUT2D eigenvalue weighted by atomic mass is 9.80. The van der Waals surface area contributed by atoms with Crippen molar-refractivity contribution in [2.24, 2.45) is 0 Å². The number of aromatic hydroxyl groups is 30. The van der Waals surface area contributed by atoms with Gasteiger partial charge in [-0.3, -0.25) is 0 Å². The lowest BCUT2D eigenvalue weighted by molar-refractivity contribution is 0.329. The number of hydrogen-bond acceptors (Lipinski definition) is 31. The van der Waals surface area contributed by atoms with Crippen molar-refractivity contribution >= 4 is 54.3 Å². The van der Waals surface area contributed by atoms with E-state index < -0.39 is 271 Å². The minimum absolute atomic E-state index is 1.02. The van der Waals surface area contributed by atoms with Crippen LogP contribution < -0.4 is 0 Å². The van der Waals surface area contributed by atoms with Gasteiger partial charge in [0.25, 0.3) is 0 Å². The van der Waals surface area contributed by atoms with E-state index in [0.29, 0.717) is 0 Å². The maximum absolute atomic E-state index is 12.6. The number of phenols is 30. The molecule has 0 fully saturated rings. The van der Waals surface area contributed by atoms with Crippen LogP contribution in [0.2, 0.25) is 0 Å². The van der Waals surface area contributed by atoms with Crippen molar-refractivity contribution in [2.45, 2.75) is 0 Å². The van der Waals surface area contributed by atoms with Crippen LogP contribution in [0.4, 0.5) is 0 Å². The molecule has 30 N–H and O–H groups in total. The van der Waals surface area contributed by atoms with Gasteiger partial charge in [0.15, 0.2) is 97.4 Å². The van der Waals surface area contributed by atoms with Gasteiger partial charge in [0.2, 0.25) is 74.7 Å². The molecule has 10 rings (SSSR count). The Labute approximate surface area is 428 Å². The van der Waals surface area contributed by atoms with E-state index in [9.17, 15) is 153 Å². The molecule has 31 heteroatoms. The number of furan rings is 1. The first-order valence-corrected chi connectivity index (χ1v) is 21.1. The molecule has 79 heavy (non-hydrogen) atoms. The summed E-state index contributed by atoms with van der Waals surface area (Å²) in [5, 5.41) is 327. The van der Waals surface area contributed by atoms with Gasteiger partial charge in [0.1, 0.15) is 11.5 Å². The molecule has 0 spiro atoms. The Hall–Kier alpha value is -12.4. The standard InChI is InChI=1S/C48H30O31/c49-17-7(11-26(58)39(71)44(76)40(72)27(11)59)8(12-28(60)41(73)45(77)42(74)29(12)61)19(51)24(56)9(17)1-3-5(22(54)36(68)34(66)20(3)52)2(6-4(1)21(53)35(67)37(69)23(6)55)10-18(50)15-16-32(64)25(57)13-14(33(65)43(75)38(70)30(13)62)47(16)79-48(15)46(78)31(10)63/h49-78H. The SMILES string of the molecule is Oc1c(O)c(O)c(-c2c(O)c(O)c(-c3c4c(O)c(O)c(O)c(O)c4c(-c4c(O)c(O)c5oc6c7c(O)c(O)c(O)c(O)c7c(O)c(O)c6c5c4O)c4c(O)c(O)c(O)c(O)c34)c(O)c2-c2c(O)c(O)c(O)c(O)c2O)c(O)c1O. The molecule has 0 aliphatic carbocycles. The van der Waals surface area contributed by atoms with E-state index in [2.05, 4.69) is 0 Å². The topological polar surface area (TPSA) is 620 Å². The molecule has 0 aliphatic heterocycles. The number of hydrogen-bond donors (Lipinski definition) is 30. The Balaban J connectivity index is 1.52. The van der Waals surface area contributed by atoms with Crippen LogP contribution in [0.15, 0.2) is 4.42 Å². The summed E-state index contributed by atoms with van der Waals surface area (Å²) in [5.74, 6) is -53.3. The molecule has 1 heterocycles. The predicted molar refractivity (Wildman–Crippen MR) is 258 cm³/mol. The summed E-state index contributed by atoms with van der Waals surface area (Å²) in [6.45, 7) is 0. The summed E-state index contributed by atoms with van der Waals surface area (Å²) < 4.78 is 5.56. The zero-order valence-corrected chi connectivity index (χ0v) is 37.8. The molecule has 0 saturated heterocycles. The number of rotatable bonds is 4. The summed E-state index contributed by atoms with van der Waals surface area (Å²) in [7, 11) is 0. The zero-order chi connectivity index (χ0) is 58.4. The second-order valence-corrected chi connectivity index (χ2v) is 17.2. The van der Waals surface area contributed by atoms with Crippen LogP contribution in [0.1, 0.15) is 0 Å². The molecule has 9 aromatic carbocycles. The zero-order valence-electron chi connectivity index (χ0n) is 37.8. The first-order valence-electron chi connectivity index (χ1n) is 21.1. The third-order valence-electron chi connectivity index (χ3n) is 13.3. The van der Waals surface area contributed by atoms with Gasteiger partial charge in [-0.2, -0.15) is 0 Å². The van der Waals surface area contributed by atoms with Crippen LogP contribution in [0, 0.1) is 0 Å². The molecule has 1 aromatic heterocycles.